The first-order chi connectivity index (χ1) is 10.2. The zero-order chi connectivity index (χ0) is 14.8. The molecule has 2 amide bonds. The van der Waals surface area contributed by atoms with Gasteiger partial charge in [-0.15, -0.1) is 0 Å². The van der Waals surface area contributed by atoms with Gasteiger partial charge in [-0.2, -0.15) is 0 Å². The van der Waals surface area contributed by atoms with Gasteiger partial charge in [0.2, 0.25) is 0 Å². The molecule has 112 valence electrons. The number of hydrogen-bond acceptors (Lipinski definition) is 4. The van der Waals surface area contributed by atoms with Gasteiger partial charge in [-0.3, -0.25) is 18.7 Å². The third-order valence-corrected chi connectivity index (χ3v) is 5.28. The van der Waals surface area contributed by atoms with Crippen LogP contribution in [0.4, 0.5) is 0 Å². The minimum absolute atomic E-state index is 0.185. The Hall–Kier alpha value is -1.53. The van der Waals surface area contributed by atoms with Gasteiger partial charge in [-0.25, -0.2) is 0 Å². The third kappa shape index (κ3) is 2.91. The molecule has 0 radical (unpaired) electrons. The second-order valence-corrected chi connectivity index (χ2v) is 7.05. The third-order valence-electron chi connectivity index (χ3n) is 4.00. The van der Waals surface area contributed by atoms with Crippen LogP contribution in [-0.4, -0.2) is 63.5 Å². The summed E-state index contributed by atoms with van der Waals surface area (Å²) >= 11 is 0. The van der Waals surface area contributed by atoms with Gasteiger partial charge in [0.25, 0.3) is 11.8 Å². The SMILES string of the molecule is O=C1c2ccccc2C(=O)N1CCCN1CCS(=O)CC1. The Bertz CT molecular complexity index is 557. The lowest BCUT2D eigenvalue weighted by Crippen LogP contribution is -2.40. The molecule has 0 bridgehead atoms. The predicted octanol–water partition coefficient (Wildman–Crippen LogP) is 0.737. The van der Waals surface area contributed by atoms with Gasteiger partial charge >= 0.3 is 0 Å². The van der Waals surface area contributed by atoms with Crippen LogP contribution >= 0.6 is 0 Å². The fourth-order valence-corrected chi connectivity index (χ4v) is 3.92. The predicted molar refractivity (Wildman–Crippen MR) is 80.7 cm³/mol. The van der Waals surface area contributed by atoms with E-state index >= 15 is 0 Å². The lowest BCUT2D eigenvalue weighted by Gasteiger charge is -2.26. The van der Waals surface area contributed by atoms with Crippen molar-refractivity contribution >= 4 is 22.6 Å². The second-order valence-electron chi connectivity index (χ2n) is 5.35. The van der Waals surface area contributed by atoms with E-state index < -0.39 is 10.8 Å². The van der Waals surface area contributed by atoms with E-state index in [1.54, 1.807) is 24.3 Å². The molecule has 6 heteroatoms. The van der Waals surface area contributed by atoms with Crippen molar-refractivity contribution in [3.8, 4) is 0 Å². The maximum Gasteiger partial charge on any atom is 0.261 e. The van der Waals surface area contributed by atoms with E-state index in [4.69, 9.17) is 0 Å². The summed E-state index contributed by atoms with van der Waals surface area (Å²) in [6, 6.07) is 6.97. The van der Waals surface area contributed by atoms with Crippen LogP contribution in [0.25, 0.3) is 0 Å². The minimum Gasteiger partial charge on any atom is -0.301 e. The first-order valence-corrected chi connectivity index (χ1v) is 8.68. The highest BCUT2D eigenvalue weighted by atomic mass is 32.2. The molecule has 3 rings (SSSR count). The molecule has 5 nitrogen and oxygen atoms in total. The molecule has 2 heterocycles. The van der Waals surface area contributed by atoms with Gasteiger partial charge in [0.15, 0.2) is 0 Å². The van der Waals surface area contributed by atoms with Crippen LogP contribution in [0, 0.1) is 0 Å². The smallest absolute Gasteiger partial charge is 0.261 e. The van der Waals surface area contributed by atoms with Crippen molar-refractivity contribution < 1.29 is 13.8 Å². The van der Waals surface area contributed by atoms with E-state index in [1.165, 1.54) is 4.90 Å². The van der Waals surface area contributed by atoms with Crippen LogP contribution in [0.3, 0.4) is 0 Å². The normalized spacial score (nSPS) is 20.1. The molecular formula is C15H18N2O3S. The second kappa shape index (κ2) is 6.07. The van der Waals surface area contributed by atoms with Crippen LogP contribution in [0.1, 0.15) is 27.1 Å². The van der Waals surface area contributed by atoms with Gasteiger partial charge in [-0.05, 0) is 25.1 Å². The molecule has 2 aliphatic heterocycles. The van der Waals surface area contributed by atoms with E-state index in [0.29, 0.717) is 17.7 Å². The average molecular weight is 306 g/mol. The molecule has 2 aliphatic rings. The molecule has 0 N–H and O–H groups in total. The van der Waals surface area contributed by atoms with Crippen LogP contribution < -0.4 is 0 Å². The molecule has 0 aliphatic carbocycles. The molecule has 1 aromatic carbocycles. The van der Waals surface area contributed by atoms with Crippen LogP contribution in [0.2, 0.25) is 0 Å². The van der Waals surface area contributed by atoms with Crippen molar-refractivity contribution in [3.05, 3.63) is 35.4 Å². The van der Waals surface area contributed by atoms with Crippen molar-refractivity contribution in [1.82, 2.24) is 9.80 Å². The monoisotopic (exact) mass is 306 g/mol. The number of benzene rings is 1. The van der Waals surface area contributed by atoms with Crippen LogP contribution in [0.15, 0.2) is 24.3 Å². The van der Waals surface area contributed by atoms with Gasteiger partial charge < -0.3 is 4.90 Å². The summed E-state index contributed by atoms with van der Waals surface area (Å²) < 4.78 is 11.3. The van der Waals surface area contributed by atoms with Crippen molar-refractivity contribution in [2.24, 2.45) is 0 Å². The number of carbonyl (C=O) groups excluding carboxylic acids is 2. The number of amides is 2. The van der Waals surface area contributed by atoms with E-state index in [1.807, 2.05) is 0 Å². The molecule has 0 saturated carbocycles. The summed E-state index contributed by atoms with van der Waals surface area (Å²) in [5.74, 6) is 1.09. The molecule has 0 aromatic heterocycles. The number of carbonyl (C=O) groups is 2. The summed E-state index contributed by atoms with van der Waals surface area (Å²) in [4.78, 5) is 28.0. The molecule has 0 spiro atoms. The van der Waals surface area contributed by atoms with Gasteiger partial charge in [0.05, 0.1) is 11.1 Å². The molecule has 0 atom stereocenters. The van der Waals surface area contributed by atoms with Crippen molar-refractivity contribution in [2.75, 3.05) is 37.7 Å². The maximum atomic E-state index is 12.2. The molecule has 0 unspecified atom stereocenters. The highest BCUT2D eigenvalue weighted by molar-refractivity contribution is 7.85. The summed E-state index contributed by atoms with van der Waals surface area (Å²) in [7, 11) is -0.667. The minimum atomic E-state index is -0.667. The molecular weight excluding hydrogens is 288 g/mol. The van der Waals surface area contributed by atoms with E-state index in [2.05, 4.69) is 4.90 Å². The Balaban J connectivity index is 1.54. The van der Waals surface area contributed by atoms with E-state index in [-0.39, 0.29) is 11.8 Å². The number of rotatable bonds is 4. The Morgan fingerprint density at radius 3 is 2.10 bits per heavy atom. The molecule has 1 aromatic rings. The maximum absolute atomic E-state index is 12.2. The zero-order valence-electron chi connectivity index (χ0n) is 11.8. The number of nitrogens with zero attached hydrogens (tertiary/aromatic N) is 2. The van der Waals surface area contributed by atoms with Crippen molar-refractivity contribution in [1.29, 1.82) is 0 Å². The summed E-state index contributed by atoms with van der Waals surface area (Å²) in [5.41, 5.74) is 1.02. The highest BCUT2D eigenvalue weighted by Crippen LogP contribution is 2.22. The van der Waals surface area contributed by atoms with Crippen LogP contribution in [0.5, 0.6) is 0 Å². The number of fused-ring (bicyclic) bond motifs is 1. The first kappa shape index (κ1) is 14.4. The lowest BCUT2D eigenvalue weighted by atomic mass is 10.1. The summed E-state index contributed by atoms with van der Waals surface area (Å²) in [5, 5.41) is 0. The standard InChI is InChI=1S/C15H18N2O3S/c18-14-12-4-1-2-5-13(12)15(19)17(14)7-3-6-16-8-10-21(20)11-9-16/h1-2,4-5H,3,6-11H2. The van der Waals surface area contributed by atoms with Crippen LogP contribution in [-0.2, 0) is 10.8 Å². The Labute approximate surface area is 126 Å². The highest BCUT2D eigenvalue weighted by Gasteiger charge is 2.34. The molecule has 1 saturated heterocycles. The largest absolute Gasteiger partial charge is 0.301 e. The van der Waals surface area contributed by atoms with Gasteiger partial charge in [0.1, 0.15) is 0 Å². The topological polar surface area (TPSA) is 57.7 Å². The Kier molecular flexibility index (Phi) is 4.17. The van der Waals surface area contributed by atoms with Gasteiger partial charge in [0, 0.05) is 41.9 Å². The Morgan fingerprint density at radius 2 is 1.52 bits per heavy atom. The quantitative estimate of drug-likeness (QED) is 0.770. The average Bonchev–Trinajstić information content (AvgIpc) is 2.75. The summed E-state index contributed by atoms with van der Waals surface area (Å²) in [6.07, 6.45) is 0.762. The fourth-order valence-electron chi connectivity index (χ4n) is 2.79. The summed E-state index contributed by atoms with van der Waals surface area (Å²) in [6.45, 7) is 2.97. The molecule has 21 heavy (non-hydrogen) atoms. The van der Waals surface area contributed by atoms with Gasteiger partial charge in [-0.1, -0.05) is 12.1 Å². The number of hydrogen-bond donors (Lipinski definition) is 0. The van der Waals surface area contributed by atoms with Crippen molar-refractivity contribution in [2.45, 2.75) is 6.42 Å². The number of imide groups is 1. The fraction of sp³-hybridized carbons (Fsp3) is 0.467. The first-order valence-electron chi connectivity index (χ1n) is 7.19. The lowest BCUT2D eigenvalue weighted by molar-refractivity contribution is 0.0648. The van der Waals surface area contributed by atoms with E-state index in [9.17, 15) is 13.8 Å². The van der Waals surface area contributed by atoms with E-state index in [0.717, 1.165) is 37.6 Å². The van der Waals surface area contributed by atoms with Crippen molar-refractivity contribution in [3.63, 3.8) is 0 Å². The zero-order valence-corrected chi connectivity index (χ0v) is 12.6. The molecule has 1 fully saturated rings. The Morgan fingerprint density at radius 1 is 0.952 bits per heavy atom.